The van der Waals surface area contributed by atoms with Crippen LogP contribution >= 0.6 is 11.3 Å². The van der Waals surface area contributed by atoms with Gasteiger partial charge in [-0.15, -0.1) is 11.3 Å². The molecule has 3 aromatic rings. The Morgan fingerprint density at radius 2 is 2.00 bits per heavy atom. The van der Waals surface area contributed by atoms with Crippen LogP contribution in [0.15, 0.2) is 34.2 Å². The summed E-state index contributed by atoms with van der Waals surface area (Å²) >= 11 is 1.42. The monoisotopic (exact) mass is 370 g/mol. The second-order valence-corrected chi connectivity index (χ2v) is 6.98. The number of thiazole rings is 1. The number of hydrogen-bond donors (Lipinski definition) is 1. The van der Waals surface area contributed by atoms with E-state index in [0.717, 1.165) is 17.7 Å². The fraction of sp³-hybridized carbons (Fsp3) is 0.368. The number of aromatic nitrogens is 3. The van der Waals surface area contributed by atoms with Crippen molar-refractivity contribution in [3.8, 4) is 11.3 Å². The highest BCUT2D eigenvalue weighted by molar-refractivity contribution is 7.14. The van der Waals surface area contributed by atoms with Crippen molar-refractivity contribution < 1.29 is 9.32 Å². The summed E-state index contributed by atoms with van der Waals surface area (Å²) in [5, 5.41) is 9.09. The van der Waals surface area contributed by atoms with Gasteiger partial charge < -0.3 is 9.84 Å². The summed E-state index contributed by atoms with van der Waals surface area (Å²) in [6, 6.07) is 8.47. The fourth-order valence-electron chi connectivity index (χ4n) is 2.53. The number of nitrogens with zero attached hydrogens (tertiary/aromatic N) is 3. The van der Waals surface area contributed by atoms with Crippen molar-refractivity contribution in [2.45, 2.75) is 46.0 Å². The minimum atomic E-state index is -0.114. The maximum atomic E-state index is 12.0. The lowest BCUT2D eigenvalue weighted by atomic mass is 10.1. The van der Waals surface area contributed by atoms with E-state index in [1.807, 2.05) is 5.38 Å². The topological polar surface area (TPSA) is 80.9 Å². The van der Waals surface area contributed by atoms with E-state index in [0.29, 0.717) is 23.3 Å². The number of hydrogen-bond acceptors (Lipinski definition) is 6. The van der Waals surface area contributed by atoms with Gasteiger partial charge in [0.05, 0.1) is 5.69 Å². The third-order valence-electron chi connectivity index (χ3n) is 3.95. The zero-order valence-corrected chi connectivity index (χ0v) is 15.8. The summed E-state index contributed by atoms with van der Waals surface area (Å²) < 4.78 is 5.01. The molecule has 136 valence electrons. The largest absolute Gasteiger partial charge is 0.339 e. The molecule has 0 aliphatic rings. The van der Waals surface area contributed by atoms with Gasteiger partial charge in [0.2, 0.25) is 11.8 Å². The normalized spacial score (nSPS) is 10.8. The average molecular weight is 370 g/mol. The number of unbranched alkanes of at least 4 members (excludes halogenated alkanes) is 1. The minimum Gasteiger partial charge on any atom is -0.339 e. The first-order chi connectivity index (χ1) is 12.6. The number of benzene rings is 1. The summed E-state index contributed by atoms with van der Waals surface area (Å²) in [5.74, 6) is 0.933. The van der Waals surface area contributed by atoms with Crippen molar-refractivity contribution in [2.24, 2.45) is 0 Å². The maximum absolute atomic E-state index is 12.0. The molecule has 2 heterocycles. The summed E-state index contributed by atoms with van der Waals surface area (Å²) in [4.78, 5) is 20.6. The third-order valence-corrected chi connectivity index (χ3v) is 4.71. The van der Waals surface area contributed by atoms with Crippen LogP contribution in [-0.4, -0.2) is 21.0 Å². The van der Waals surface area contributed by atoms with Crippen LogP contribution in [0.25, 0.3) is 11.3 Å². The molecule has 1 aromatic carbocycles. The zero-order valence-electron chi connectivity index (χ0n) is 15.0. The fourth-order valence-corrected chi connectivity index (χ4v) is 3.27. The van der Waals surface area contributed by atoms with Crippen molar-refractivity contribution in [1.29, 1.82) is 0 Å². The lowest BCUT2D eigenvalue weighted by molar-refractivity contribution is -0.116. The Balaban J connectivity index is 1.54. The van der Waals surface area contributed by atoms with Crippen molar-refractivity contribution >= 4 is 22.4 Å². The highest BCUT2D eigenvalue weighted by atomic mass is 32.1. The lowest BCUT2D eigenvalue weighted by Crippen LogP contribution is -2.12. The van der Waals surface area contributed by atoms with Gasteiger partial charge in [0, 0.05) is 23.8 Å². The van der Waals surface area contributed by atoms with Crippen molar-refractivity contribution in [2.75, 3.05) is 5.32 Å². The van der Waals surface area contributed by atoms with Gasteiger partial charge in [0.1, 0.15) is 0 Å². The van der Waals surface area contributed by atoms with Gasteiger partial charge in [-0.25, -0.2) is 4.98 Å². The Labute approximate surface area is 156 Å². The Kier molecular flexibility index (Phi) is 6.12. The molecule has 0 fully saturated rings. The quantitative estimate of drug-likeness (QED) is 0.635. The molecule has 7 heteroatoms. The first-order valence-corrected chi connectivity index (χ1v) is 9.66. The van der Waals surface area contributed by atoms with Crippen LogP contribution in [0.4, 0.5) is 5.13 Å². The highest BCUT2D eigenvalue weighted by Gasteiger charge is 2.10. The van der Waals surface area contributed by atoms with E-state index in [1.165, 1.54) is 29.7 Å². The van der Waals surface area contributed by atoms with E-state index < -0.39 is 0 Å². The minimum absolute atomic E-state index is 0.114. The van der Waals surface area contributed by atoms with E-state index in [4.69, 9.17) is 4.52 Å². The molecule has 3 rings (SSSR count). The number of anilines is 1. The molecular formula is C19H22N4O2S. The summed E-state index contributed by atoms with van der Waals surface area (Å²) in [6.45, 7) is 3.95. The Hall–Kier alpha value is -2.54. The summed E-state index contributed by atoms with van der Waals surface area (Å²) in [7, 11) is 0. The third kappa shape index (κ3) is 4.98. The van der Waals surface area contributed by atoms with E-state index in [1.54, 1.807) is 6.92 Å². The van der Waals surface area contributed by atoms with E-state index in [-0.39, 0.29) is 12.3 Å². The first-order valence-electron chi connectivity index (χ1n) is 8.78. The average Bonchev–Trinajstić information content (AvgIpc) is 3.27. The molecule has 0 aliphatic carbocycles. The van der Waals surface area contributed by atoms with Crippen LogP contribution in [0.5, 0.6) is 0 Å². The molecule has 1 amide bonds. The van der Waals surface area contributed by atoms with Crippen LogP contribution < -0.4 is 5.32 Å². The van der Waals surface area contributed by atoms with Crippen molar-refractivity contribution in [1.82, 2.24) is 15.1 Å². The number of amides is 1. The van der Waals surface area contributed by atoms with Crippen LogP contribution in [0.2, 0.25) is 0 Å². The van der Waals surface area contributed by atoms with Gasteiger partial charge >= 0.3 is 0 Å². The van der Waals surface area contributed by atoms with Crippen molar-refractivity contribution in [3.05, 3.63) is 46.9 Å². The van der Waals surface area contributed by atoms with Crippen LogP contribution in [0.3, 0.4) is 0 Å². The Bertz CT molecular complexity index is 855. The van der Waals surface area contributed by atoms with Gasteiger partial charge in [-0.1, -0.05) is 42.8 Å². The van der Waals surface area contributed by atoms with E-state index in [9.17, 15) is 4.79 Å². The molecule has 6 nitrogen and oxygen atoms in total. The molecule has 26 heavy (non-hydrogen) atoms. The number of nitrogens with one attached hydrogen (secondary N) is 1. The Morgan fingerprint density at radius 3 is 2.69 bits per heavy atom. The summed E-state index contributed by atoms with van der Waals surface area (Å²) in [5.41, 5.74) is 3.28. The van der Waals surface area contributed by atoms with E-state index >= 15 is 0 Å². The molecule has 0 spiro atoms. The van der Waals surface area contributed by atoms with Gasteiger partial charge in [-0.3, -0.25) is 4.79 Å². The van der Waals surface area contributed by atoms with Gasteiger partial charge in [0.15, 0.2) is 11.0 Å². The van der Waals surface area contributed by atoms with E-state index in [2.05, 4.69) is 51.6 Å². The van der Waals surface area contributed by atoms with Crippen LogP contribution in [-0.2, 0) is 17.6 Å². The summed E-state index contributed by atoms with van der Waals surface area (Å²) in [6.07, 6.45) is 4.21. The number of carbonyl (C=O) groups excluding carboxylic acids is 1. The van der Waals surface area contributed by atoms with Crippen molar-refractivity contribution in [3.63, 3.8) is 0 Å². The predicted molar refractivity (Wildman–Crippen MR) is 102 cm³/mol. The predicted octanol–water partition coefficient (Wildman–Crippen LogP) is 4.42. The van der Waals surface area contributed by atoms with Crippen LogP contribution in [0, 0.1) is 6.92 Å². The molecule has 0 saturated heterocycles. The highest BCUT2D eigenvalue weighted by Crippen LogP contribution is 2.25. The number of rotatable bonds is 8. The molecular weight excluding hydrogens is 348 g/mol. The van der Waals surface area contributed by atoms with Gasteiger partial charge in [-0.2, -0.15) is 4.98 Å². The molecule has 0 saturated carbocycles. The second-order valence-electron chi connectivity index (χ2n) is 6.12. The van der Waals surface area contributed by atoms with Gasteiger partial charge in [-0.05, 0) is 25.3 Å². The maximum Gasteiger partial charge on any atom is 0.227 e. The zero-order chi connectivity index (χ0) is 18.4. The Morgan fingerprint density at radius 1 is 1.19 bits per heavy atom. The second kappa shape index (κ2) is 8.71. The van der Waals surface area contributed by atoms with Gasteiger partial charge in [0.25, 0.3) is 0 Å². The first kappa shape index (κ1) is 18.3. The molecule has 2 aromatic heterocycles. The number of aryl methyl sites for hydroxylation is 3. The molecule has 0 unspecified atom stereocenters. The van der Waals surface area contributed by atoms with Crippen LogP contribution in [0.1, 0.15) is 43.5 Å². The molecule has 0 radical (unpaired) electrons. The molecule has 0 atom stereocenters. The smallest absolute Gasteiger partial charge is 0.227 e. The number of carbonyl (C=O) groups is 1. The molecule has 0 bridgehead atoms. The lowest BCUT2D eigenvalue weighted by Gasteiger charge is -2.02. The SMILES string of the molecule is CCCCc1ccc(-c2csc(NC(=O)CCc3nc(C)no3)n2)cc1. The molecule has 0 aliphatic heterocycles. The molecule has 1 N–H and O–H groups in total. The standard InChI is InChI=1S/C19H22N4O2S/c1-3-4-5-14-6-8-15(9-7-14)16-12-26-19(21-16)22-17(24)10-11-18-20-13(2)23-25-18/h6-9,12H,3-5,10-11H2,1-2H3,(H,21,22,24).